The van der Waals surface area contributed by atoms with E-state index in [9.17, 15) is 35.1 Å². The molecule has 9 heteroatoms. The first-order chi connectivity index (χ1) is 14.0. The minimum Gasteiger partial charge on any atom is -0.206 e. The summed E-state index contributed by atoms with van der Waals surface area (Å²) in [4.78, 5) is 0. The Hall–Kier alpha value is -2.61. The molecule has 0 saturated carbocycles. The highest BCUT2D eigenvalue weighted by molar-refractivity contribution is 14.1. The van der Waals surface area contributed by atoms with Crippen LogP contribution in [0.4, 0.5) is 35.1 Å². The minimum absolute atomic E-state index is 0.0559. The summed E-state index contributed by atoms with van der Waals surface area (Å²) in [5, 5.41) is 0. The predicted molar refractivity (Wildman–Crippen MR) is 102 cm³/mol. The van der Waals surface area contributed by atoms with Gasteiger partial charge in [0.2, 0.25) is 0 Å². The Labute approximate surface area is 178 Å². The normalized spacial score (nSPS) is 11.2. The molecule has 0 N–H and O–H groups in total. The van der Waals surface area contributed by atoms with E-state index in [-0.39, 0.29) is 11.1 Å². The van der Waals surface area contributed by atoms with Crippen LogP contribution in [0.25, 0.3) is 11.1 Å². The molecule has 0 fully saturated rings. The summed E-state index contributed by atoms with van der Waals surface area (Å²) in [7, 11) is 0. The van der Waals surface area contributed by atoms with E-state index in [4.69, 9.17) is 0 Å². The lowest BCUT2D eigenvalue weighted by Crippen LogP contribution is -2.11. The SMILES string of the molecule is Fc1cc(I)ccc1-c1cc(F)c(C#Cc2cc(F)c(C(F)(F)F)c(F)c2)c(F)c1. The average Bonchev–Trinajstić information content (AvgIpc) is 2.59. The standard InChI is InChI=1S/C21H7F8I/c22-15-7-11(13-4-2-12(30)9-17(13)24)8-16(23)14(15)3-1-10-5-18(25)20(19(26)6-10)21(27,28)29/h2,4-9H. The summed E-state index contributed by atoms with van der Waals surface area (Å²) in [5.74, 6) is -2.83. The molecule has 0 bridgehead atoms. The van der Waals surface area contributed by atoms with Crippen LogP contribution < -0.4 is 0 Å². The fourth-order valence-corrected chi connectivity index (χ4v) is 3.08. The third kappa shape index (κ3) is 4.59. The van der Waals surface area contributed by atoms with Crippen molar-refractivity contribution >= 4 is 22.6 Å². The Bertz CT molecular complexity index is 1160. The first kappa shape index (κ1) is 22.1. The van der Waals surface area contributed by atoms with Crippen LogP contribution in [-0.4, -0.2) is 0 Å². The smallest absolute Gasteiger partial charge is 0.206 e. The molecule has 0 spiro atoms. The van der Waals surface area contributed by atoms with Gasteiger partial charge in [0.15, 0.2) is 0 Å². The second kappa shape index (κ2) is 8.26. The molecule has 0 radical (unpaired) electrons. The molecular weight excluding hydrogens is 531 g/mol. The lowest BCUT2D eigenvalue weighted by molar-refractivity contribution is -0.142. The molecule has 0 amide bonds. The Balaban J connectivity index is 2.01. The highest BCUT2D eigenvalue weighted by Gasteiger charge is 2.37. The van der Waals surface area contributed by atoms with Gasteiger partial charge in [-0.2, -0.15) is 13.2 Å². The lowest BCUT2D eigenvalue weighted by atomic mass is 10.0. The van der Waals surface area contributed by atoms with Gasteiger partial charge in [0.25, 0.3) is 0 Å². The Kier molecular flexibility index (Phi) is 6.08. The van der Waals surface area contributed by atoms with Gasteiger partial charge in [0, 0.05) is 14.7 Å². The second-order valence-electron chi connectivity index (χ2n) is 6.00. The van der Waals surface area contributed by atoms with Gasteiger partial charge in [-0.25, -0.2) is 22.0 Å². The van der Waals surface area contributed by atoms with Crippen molar-refractivity contribution in [2.75, 3.05) is 0 Å². The second-order valence-corrected chi connectivity index (χ2v) is 7.25. The number of alkyl halides is 3. The molecule has 3 aromatic rings. The zero-order valence-electron chi connectivity index (χ0n) is 14.4. The van der Waals surface area contributed by atoms with Crippen molar-refractivity contribution in [2.24, 2.45) is 0 Å². The highest BCUT2D eigenvalue weighted by Crippen LogP contribution is 2.34. The zero-order chi connectivity index (χ0) is 22.2. The number of rotatable bonds is 1. The minimum atomic E-state index is -5.25. The fraction of sp³-hybridized carbons (Fsp3) is 0.0476. The molecular formula is C21H7F8I. The van der Waals surface area contributed by atoms with Crippen molar-refractivity contribution in [1.82, 2.24) is 0 Å². The maximum Gasteiger partial charge on any atom is 0.422 e. The van der Waals surface area contributed by atoms with Gasteiger partial charge < -0.3 is 0 Å². The van der Waals surface area contributed by atoms with Crippen LogP contribution in [0.2, 0.25) is 0 Å². The molecule has 0 aliphatic rings. The van der Waals surface area contributed by atoms with E-state index in [1.165, 1.54) is 18.2 Å². The maximum absolute atomic E-state index is 14.3. The van der Waals surface area contributed by atoms with E-state index in [1.807, 2.05) is 34.4 Å². The number of hydrogen-bond acceptors (Lipinski definition) is 0. The van der Waals surface area contributed by atoms with Gasteiger partial charge in [0.1, 0.15) is 34.6 Å². The van der Waals surface area contributed by atoms with E-state index in [1.54, 1.807) is 0 Å². The molecule has 0 heterocycles. The van der Waals surface area contributed by atoms with E-state index in [0.29, 0.717) is 15.7 Å². The molecule has 3 rings (SSSR count). The van der Waals surface area contributed by atoms with Gasteiger partial charge in [-0.1, -0.05) is 17.9 Å². The van der Waals surface area contributed by atoms with Gasteiger partial charge in [-0.05, 0) is 64.6 Å². The first-order valence-electron chi connectivity index (χ1n) is 8.00. The number of hydrogen-bond donors (Lipinski definition) is 0. The van der Waals surface area contributed by atoms with Crippen LogP contribution in [0, 0.1) is 44.5 Å². The molecule has 0 saturated heterocycles. The molecule has 0 aliphatic heterocycles. The van der Waals surface area contributed by atoms with E-state index in [0.717, 1.165) is 12.1 Å². The molecule has 0 atom stereocenters. The van der Waals surface area contributed by atoms with Crippen LogP contribution in [0.5, 0.6) is 0 Å². The Morgan fingerprint density at radius 1 is 0.667 bits per heavy atom. The quantitative estimate of drug-likeness (QED) is 0.177. The summed E-state index contributed by atoms with van der Waals surface area (Å²) >= 11 is 1.87. The van der Waals surface area contributed by atoms with Crippen LogP contribution in [0.3, 0.4) is 0 Å². The van der Waals surface area contributed by atoms with Crippen LogP contribution >= 0.6 is 22.6 Å². The Morgan fingerprint density at radius 2 is 1.23 bits per heavy atom. The molecule has 154 valence electrons. The van der Waals surface area contributed by atoms with Gasteiger partial charge >= 0.3 is 6.18 Å². The van der Waals surface area contributed by atoms with E-state index < -0.39 is 52.0 Å². The first-order valence-corrected chi connectivity index (χ1v) is 9.08. The largest absolute Gasteiger partial charge is 0.422 e. The predicted octanol–water partition coefficient (Wildman–Crippen LogP) is 7.07. The highest BCUT2D eigenvalue weighted by atomic mass is 127. The van der Waals surface area contributed by atoms with Gasteiger partial charge in [-0.3, -0.25) is 0 Å². The summed E-state index contributed by atoms with van der Waals surface area (Å²) < 4.78 is 108. The van der Waals surface area contributed by atoms with Crippen molar-refractivity contribution in [1.29, 1.82) is 0 Å². The third-order valence-electron chi connectivity index (χ3n) is 3.94. The van der Waals surface area contributed by atoms with Crippen molar-refractivity contribution in [3.05, 3.63) is 91.8 Å². The lowest BCUT2D eigenvalue weighted by Gasteiger charge is -2.09. The van der Waals surface area contributed by atoms with Gasteiger partial charge in [-0.15, -0.1) is 0 Å². The zero-order valence-corrected chi connectivity index (χ0v) is 16.6. The maximum atomic E-state index is 14.3. The van der Waals surface area contributed by atoms with Gasteiger partial charge in [0.05, 0.1) is 5.56 Å². The van der Waals surface area contributed by atoms with Crippen LogP contribution in [0.1, 0.15) is 16.7 Å². The molecule has 0 nitrogen and oxygen atoms in total. The Morgan fingerprint density at radius 3 is 1.73 bits per heavy atom. The summed E-state index contributed by atoms with van der Waals surface area (Å²) in [6, 6.07) is 6.32. The molecule has 0 aliphatic carbocycles. The topological polar surface area (TPSA) is 0 Å². The van der Waals surface area contributed by atoms with Crippen molar-refractivity contribution in [2.45, 2.75) is 6.18 Å². The number of benzene rings is 3. The molecule has 0 unspecified atom stereocenters. The molecule has 30 heavy (non-hydrogen) atoms. The van der Waals surface area contributed by atoms with Crippen LogP contribution in [-0.2, 0) is 6.18 Å². The summed E-state index contributed by atoms with van der Waals surface area (Å²) in [5.41, 5.74) is -3.58. The van der Waals surface area contributed by atoms with E-state index >= 15 is 0 Å². The summed E-state index contributed by atoms with van der Waals surface area (Å²) in [6.07, 6.45) is -5.25. The monoisotopic (exact) mass is 538 g/mol. The van der Waals surface area contributed by atoms with Crippen molar-refractivity contribution in [3.63, 3.8) is 0 Å². The molecule has 0 aromatic heterocycles. The van der Waals surface area contributed by atoms with Crippen molar-refractivity contribution < 1.29 is 35.1 Å². The average molecular weight is 538 g/mol. The van der Waals surface area contributed by atoms with Crippen molar-refractivity contribution in [3.8, 4) is 23.0 Å². The van der Waals surface area contributed by atoms with Crippen LogP contribution in [0.15, 0.2) is 42.5 Å². The summed E-state index contributed by atoms with van der Waals surface area (Å²) in [6.45, 7) is 0. The molecule has 3 aromatic carbocycles. The third-order valence-corrected chi connectivity index (χ3v) is 4.61. The fourth-order valence-electron chi connectivity index (χ4n) is 2.62. The number of halogens is 9. The van der Waals surface area contributed by atoms with E-state index in [2.05, 4.69) is 0 Å².